The van der Waals surface area contributed by atoms with E-state index in [4.69, 9.17) is 0 Å². The van der Waals surface area contributed by atoms with E-state index in [0.717, 1.165) is 0 Å². The maximum Gasteiger partial charge on any atom is 0.349 e. The summed E-state index contributed by atoms with van der Waals surface area (Å²) in [4.78, 5) is 10.8. The molecule has 0 aliphatic rings. The predicted molar refractivity (Wildman–Crippen MR) is 79.4 cm³/mol. The van der Waals surface area contributed by atoms with Crippen molar-refractivity contribution in [3.8, 4) is 17.2 Å². The van der Waals surface area contributed by atoms with E-state index in [1.807, 2.05) is 0 Å². The molecule has 0 spiro atoms. The van der Waals surface area contributed by atoms with Crippen molar-refractivity contribution in [3.63, 3.8) is 0 Å². The number of aromatic hydroxyl groups is 3. The third kappa shape index (κ3) is 2.55. The number of nitrogens with zero attached hydrogens (tertiary/aromatic N) is 3. The van der Waals surface area contributed by atoms with Crippen molar-refractivity contribution in [2.75, 3.05) is 5.43 Å². The van der Waals surface area contributed by atoms with Gasteiger partial charge < -0.3 is 15.3 Å². The van der Waals surface area contributed by atoms with Gasteiger partial charge >= 0.3 is 5.82 Å². The van der Waals surface area contributed by atoms with Gasteiger partial charge in [-0.15, -0.1) is 10.3 Å². The highest BCUT2D eigenvalue weighted by molar-refractivity contribution is 6.02. The van der Waals surface area contributed by atoms with Gasteiger partial charge in [0, 0.05) is 5.56 Å². The lowest BCUT2D eigenvalue weighted by molar-refractivity contribution is -0.713. The molecule has 0 aliphatic carbocycles. The first kappa shape index (κ1) is 15.3. The molecule has 1 heterocycles. The number of aryl methyl sites for hydroxylation is 2. The zero-order valence-corrected chi connectivity index (χ0v) is 12.2. The fourth-order valence-electron chi connectivity index (χ4n) is 1.99. The molecule has 0 saturated carbocycles. The first-order chi connectivity index (χ1) is 10.4. The average Bonchev–Trinajstić information content (AvgIpc) is 2.75. The summed E-state index contributed by atoms with van der Waals surface area (Å²) >= 11 is 0. The summed E-state index contributed by atoms with van der Waals surface area (Å²) in [5.41, 5.74) is 4.03. The summed E-state index contributed by atoms with van der Waals surface area (Å²) in [6.45, 7) is 3.29. The molecule has 0 fully saturated rings. The van der Waals surface area contributed by atoms with Gasteiger partial charge in [-0.25, -0.2) is 5.10 Å². The van der Waals surface area contributed by atoms with Crippen LogP contribution in [0.3, 0.4) is 0 Å². The molecule has 2 rings (SSSR count). The molecule has 1 aromatic carbocycles. The van der Waals surface area contributed by atoms with E-state index in [9.17, 15) is 20.2 Å². The molecule has 1 aromatic heterocycles. The quantitative estimate of drug-likeness (QED) is 0.192. The van der Waals surface area contributed by atoms with Crippen LogP contribution in [0.15, 0.2) is 22.4 Å². The Bertz CT molecular complexity index is 766. The topological polar surface area (TPSA) is 134 Å². The van der Waals surface area contributed by atoms with Crippen molar-refractivity contribution in [2.45, 2.75) is 13.8 Å². The number of phenolic OH excluding ortho intramolecular Hbond substituents is 3. The lowest BCUT2D eigenvalue weighted by Gasteiger charge is -2.06. The number of rotatable bonds is 4. The van der Waals surface area contributed by atoms with Crippen molar-refractivity contribution in [1.29, 1.82) is 0 Å². The molecule has 0 saturated heterocycles. The van der Waals surface area contributed by atoms with E-state index in [1.54, 1.807) is 20.9 Å². The standard InChI is InChI=1S/C13H15N5O4/c1-6(8-4-5-9(19)12(21)11(8)20)14-15-13-10(17-22)7(2)16-18(13)3/h4-5H,1-3H3,(H4,14,15,16,17,19,20,21,22)/p+1. The highest BCUT2D eigenvalue weighted by Gasteiger charge is 2.21. The van der Waals surface area contributed by atoms with Crippen LogP contribution in [0.25, 0.3) is 0 Å². The molecular weight excluding hydrogens is 290 g/mol. The lowest BCUT2D eigenvalue weighted by atomic mass is 10.1. The smallest absolute Gasteiger partial charge is 0.349 e. The fraction of sp³-hybridized carbons (Fsp3) is 0.231. The Morgan fingerprint density at radius 1 is 1.27 bits per heavy atom. The minimum atomic E-state index is -0.620. The number of hydrogen-bond acceptors (Lipinski definition) is 7. The zero-order valence-electron chi connectivity index (χ0n) is 12.2. The first-order valence-electron chi connectivity index (χ1n) is 6.33. The number of aromatic amines is 1. The van der Waals surface area contributed by atoms with Crippen molar-refractivity contribution in [3.05, 3.63) is 28.3 Å². The second-order valence-electron chi connectivity index (χ2n) is 4.72. The number of aromatic nitrogens is 2. The third-order valence-corrected chi connectivity index (χ3v) is 3.19. The molecular formula is C13H16N5O4+. The molecule has 0 atom stereocenters. The summed E-state index contributed by atoms with van der Waals surface area (Å²) in [5, 5.41) is 38.5. The second-order valence-corrected chi connectivity index (χ2v) is 4.72. The molecule has 0 bridgehead atoms. The Hall–Kier alpha value is -3.10. The van der Waals surface area contributed by atoms with Gasteiger partial charge in [-0.1, -0.05) is 5.10 Å². The number of phenols is 3. The van der Waals surface area contributed by atoms with Crippen LogP contribution in [0.5, 0.6) is 17.2 Å². The Labute approximate surface area is 125 Å². The van der Waals surface area contributed by atoms with Crippen LogP contribution in [-0.2, 0) is 7.05 Å². The van der Waals surface area contributed by atoms with Crippen LogP contribution in [0, 0.1) is 11.8 Å². The van der Waals surface area contributed by atoms with E-state index >= 15 is 0 Å². The molecule has 5 N–H and O–H groups in total. The van der Waals surface area contributed by atoms with E-state index in [2.05, 4.69) is 20.8 Å². The predicted octanol–water partition coefficient (Wildman–Crippen LogP) is 1.50. The molecule has 0 unspecified atom stereocenters. The zero-order chi connectivity index (χ0) is 16.4. The number of hydrazone groups is 1. The number of nitrogens with one attached hydrogen (secondary N) is 2. The van der Waals surface area contributed by atoms with E-state index in [1.165, 1.54) is 16.8 Å². The number of anilines is 1. The van der Waals surface area contributed by atoms with Crippen LogP contribution in [0.2, 0.25) is 0 Å². The number of nitroso groups, excluding NO2 is 1. The Kier molecular flexibility index (Phi) is 3.97. The Balaban J connectivity index is 2.35. The van der Waals surface area contributed by atoms with E-state index in [-0.39, 0.29) is 11.3 Å². The molecule has 0 radical (unpaired) electrons. The molecule has 22 heavy (non-hydrogen) atoms. The van der Waals surface area contributed by atoms with Crippen LogP contribution >= 0.6 is 0 Å². The number of benzene rings is 1. The SMILES string of the molecule is C/C(=N\Nc1c(N=O)c(C)[nH][n+]1C)c1ccc(O)c(O)c1O. The average molecular weight is 306 g/mol. The van der Waals surface area contributed by atoms with Crippen LogP contribution in [-0.4, -0.2) is 26.1 Å². The van der Waals surface area contributed by atoms with Gasteiger partial charge in [0.15, 0.2) is 11.5 Å². The van der Waals surface area contributed by atoms with Gasteiger partial charge in [0.05, 0.1) is 11.4 Å². The van der Waals surface area contributed by atoms with Crippen molar-refractivity contribution >= 4 is 17.2 Å². The highest BCUT2D eigenvalue weighted by Crippen LogP contribution is 2.37. The summed E-state index contributed by atoms with van der Waals surface area (Å²) in [6, 6.07) is 2.65. The largest absolute Gasteiger partial charge is 0.504 e. The van der Waals surface area contributed by atoms with E-state index < -0.39 is 17.2 Å². The normalized spacial score (nSPS) is 11.5. The molecule has 116 valence electrons. The summed E-state index contributed by atoms with van der Waals surface area (Å²) in [5.74, 6) is -1.17. The second kappa shape index (κ2) is 5.72. The van der Waals surface area contributed by atoms with Crippen molar-refractivity contribution in [1.82, 2.24) is 5.10 Å². The maximum absolute atomic E-state index is 10.8. The van der Waals surface area contributed by atoms with Crippen molar-refractivity contribution in [2.24, 2.45) is 17.3 Å². The van der Waals surface area contributed by atoms with Crippen LogP contribution in [0.1, 0.15) is 18.2 Å². The van der Waals surface area contributed by atoms with Gasteiger partial charge in [0.25, 0.3) is 0 Å². The molecule has 9 heteroatoms. The molecule has 9 nitrogen and oxygen atoms in total. The van der Waals surface area contributed by atoms with Gasteiger partial charge in [0.2, 0.25) is 11.4 Å². The minimum absolute atomic E-state index is 0.192. The fourth-order valence-corrected chi connectivity index (χ4v) is 1.99. The molecule has 0 amide bonds. The van der Waals surface area contributed by atoms with Crippen molar-refractivity contribution < 1.29 is 20.0 Å². The summed E-state index contributed by atoms with van der Waals surface area (Å²) < 4.78 is 1.54. The van der Waals surface area contributed by atoms with Crippen LogP contribution in [0.4, 0.5) is 11.5 Å². The number of H-pyrrole nitrogens is 1. The molecule has 0 aliphatic heterocycles. The number of hydrogen-bond donors (Lipinski definition) is 5. The van der Waals surface area contributed by atoms with Gasteiger partial charge in [-0.3, -0.25) is 0 Å². The van der Waals surface area contributed by atoms with Gasteiger partial charge in [-0.05, 0) is 31.2 Å². The Morgan fingerprint density at radius 2 is 1.95 bits per heavy atom. The summed E-state index contributed by atoms with van der Waals surface area (Å²) in [6.07, 6.45) is 0. The van der Waals surface area contributed by atoms with Gasteiger partial charge in [0.1, 0.15) is 7.05 Å². The monoisotopic (exact) mass is 306 g/mol. The first-order valence-corrected chi connectivity index (χ1v) is 6.33. The van der Waals surface area contributed by atoms with E-state index in [0.29, 0.717) is 17.2 Å². The van der Waals surface area contributed by atoms with Crippen LogP contribution < -0.4 is 10.1 Å². The lowest BCUT2D eigenvalue weighted by Crippen LogP contribution is -2.32. The maximum atomic E-state index is 10.8. The molecule has 2 aromatic rings. The Morgan fingerprint density at radius 3 is 2.59 bits per heavy atom. The summed E-state index contributed by atoms with van der Waals surface area (Å²) in [7, 11) is 1.68. The highest BCUT2D eigenvalue weighted by atomic mass is 16.3. The minimum Gasteiger partial charge on any atom is -0.504 e. The third-order valence-electron chi connectivity index (χ3n) is 3.19. The van der Waals surface area contributed by atoms with Gasteiger partial charge in [-0.2, -0.15) is 4.68 Å².